The predicted octanol–water partition coefficient (Wildman–Crippen LogP) is 0.974. The minimum atomic E-state index is -3.70. The standard InChI is InChI=1S/C17H16N2O6S/c1-10-8-14(21)15(17(23)18-10)13(20)7-6-11-4-3-5-12(9-11)16(22)19-26(2,24)25/h3-9H,1-2H3,(H,19,22)(H2,18,21,23)/b7-6+. The summed E-state index contributed by atoms with van der Waals surface area (Å²) in [5, 5.41) is 9.78. The first-order valence-corrected chi connectivity index (χ1v) is 9.23. The molecule has 3 N–H and O–H groups in total. The van der Waals surface area contributed by atoms with Crippen LogP contribution in [0.2, 0.25) is 0 Å². The summed E-state index contributed by atoms with van der Waals surface area (Å²) in [6.45, 7) is 1.57. The maximum absolute atomic E-state index is 12.2. The maximum atomic E-state index is 12.2. The van der Waals surface area contributed by atoms with Gasteiger partial charge in [-0.3, -0.25) is 14.4 Å². The number of amides is 1. The molecular formula is C17H16N2O6S. The second-order valence-corrected chi connectivity index (χ2v) is 7.32. The molecule has 0 saturated carbocycles. The summed E-state index contributed by atoms with van der Waals surface area (Å²) >= 11 is 0. The highest BCUT2D eigenvalue weighted by Gasteiger charge is 2.14. The van der Waals surface area contributed by atoms with E-state index >= 15 is 0 Å². The second kappa shape index (κ2) is 7.36. The highest BCUT2D eigenvalue weighted by Crippen LogP contribution is 2.15. The Morgan fingerprint density at radius 3 is 2.54 bits per heavy atom. The SMILES string of the molecule is Cc1cc(O)c(C(=O)/C=C/c2cccc(C(=O)NS(C)(=O)=O)c2)c(=O)[nH]1. The average Bonchev–Trinajstić information content (AvgIpc) is 2.50. The monoisotopic (exact) mass is 376 g/mol. The molecule has 0 bridgehead atoms. The first-order valence-electron chi connectivity index (χ1n) is 7.34. The number of benzene rings is 1. The lowest BCUT2D eigenvalue weighted by atomic mass is 10.1. The molecule has 0 aliphatic heterocycles. The average molecular weight is 376 g/mol. The number of ketones is 1. The van der Waals surface area contributed by atoms with Crippen LogP contribution in [0, 0.1) is 6.92 Å². The molecule has 0 fully saturated rings. The van der Waals surface area contributed by atoms with E-state index in [-0.39, 0.29) is 5.56 Å². The summed E-state index contributed by atoms with van der Waals surface area (Å²) in [5.41, 5.74) is -0.169. The van der Waals surface area contributed by atoms with Gasteiger partial charge in [-0.15, -0.1) is 0 Å². The summed E-state index contributed by atoms with van der Waals surface area (Å²) in [7, 11) is -3.70. The van der Waals surface area contributed by atoms with Crippen LogP contribution in [0.4, 0.5) is 0 Å². The van der Waals surface area contributed by atoms with Gasteiger partial charge in [0.05, 0.1) is 6.26 Å². The van der Waals surface area contributed by atoms with Crippen LogP contribution in [0.25, 0.3) is 6.08 Å². The quantitative estimate of drug-likeness (QED) is 0.526. The molecule has 0 aliphatic rings. The van der Waals surface area contributed by atoms with Crippen molar-refractivity contribution >= 4 is 27.8 Å². The molecule has 0 aliphatic carbocycles. The summed E-state index contributed by atoms with van der Waals surface area (Å²) < 4.78 is 24.1. The van der Waals surface area contributed by atoms with Crippen LogP contribution in [0.15, 0.2) is 41.2 Å². The van der Waals surface area contributed by atoms with E-state index in [2.05, 4.69) is 4.98 Å². The van der Waals surface area contributed by atoms with Crippen LogP contribution in [-0.2, 0) is 10.0 Å². The van der Waals surface area contributed by atoms with Crippen molar-refractivity contribution in [3.63, 3.8) is 0 Å². The summed E-state index contributed by atoms with van der Waals surface area (Å²) in [6.07, 6.45) is 3.28. The zero-order valence-electron chi connectivity index (χ0n) is 13.9. The number of aromatic amines is 1. The molecule has 8 nitrogen and oxygen atoms in total. The molecule has 0 spiro atoms. The zero-order valence-corrected chi connectivity index (χ0v) is 14.8. The van der Waals surface area contributed by atoms with E-state index < -0.39 is 38.6 Å². The van der Waals surface area contributed by atoms with Gasteiger partial charge in [-0.05, 0) is 36.8 Å². The molecule has 9 heteroatoms. The fraction of sp³-hybridized carbons (Fsp3) is 0.118. The number of aromatic nitrogens is 1. The number of pyridine rings is 1. The van der Waals surface area contributed by atoms with Gasteiger partial charge in [0.2, 0.25) is 10.0 Å². The zero-order chi connectivity index (χ0) is 19.5. The molecule has 0 unspecified atom stereocenters. The fourth-order valence-corrected chi connectivity index (χ4v) is 2.63. The Labute approximate surface area is 149 Å². The Morgan fingerprint density at radius 2 is 1.92 bits per heavy atom. The Balaban J connectivity index is 2.26. The van der Waals surface area contributed by atoms with Crippen LogP contribution in [0.5, 0.6) is 5.75 Å². The van der Waals surface area contributed by atoms with Gasteiger partial charge >= 0.3 is 0 Å². The third-order valence-corrected chi connectivity index (χ3v) is 3.80. The third kappa shape index (κ3) is 4.90. The second-order valence-electron chi connectivity index (χ2n) is 5.57. The van der Waals surface area contributed by atoms with Crippen molar-refractivity contribution in [3.8, 4) is 5.75 Å². The Kier molecular flexibility index (Phi) is 5.41. The molecule has 0 saturated heterocycles. The van der Waals surface area contributed by atoms with Crippen LogP contribution in [0.3, 0.4) is 0 Å². The van der Waals surface area contributed by atoms with Crippen molar-refractivity contribution in [2.75, 3.05) is 6.26 Å². The molecule has 1 aromatic carbocycles. The molecule has 0 radical (unpaired) electrons. The van der Waals surface area contributed by atoms with E-state index in [9.17, 15) is 27.9 Å². The number of allylic oxidation sites excluding steroid dienone is 1. The van der Waals surface area contributed by atoms with Crippen LogP contribution in [-0.4, -0.2) is 36.5 Å². The first-order chi connectivity index (χ1) is 12.1. The summed E-state index contributed by atoms with van der Waals surface area (Å²) in [4.78, 5) is 38.2. The largest absolute Gasteiger partial charge is 0.507 e. The van der Waals surface area contributed by atoms with Gasteiger partial charge in [0.1, 0.15) is 11.3 Å². The molecule has 1 aromatic heterocycles. The minimum Gasteiger partial charge on any atom is -0.507 e. The Hall–Kier alpha value is -3.20. The lowest BCUT2D eigenvalue weighted by Crippen LogP contribution is -2.29. The maximum Gasteiger partial charge on any atom is 0.264 e. The molecule has 1 heterocycles. The van der Waals surface area contributed by atoms with E-state index in [0.717, 1.165) is 12.3 Å². The number of sulfonamides is 1. The van der Waals surface area contributed by atoms with Gasteiger partial charge in [0, 0.05) is 11.3 Å². The predicted molar refractivity (Wildman–Crippen MR) is 95.6 cm³/mol. The van der Waals surface area contributed by atoms with E-state index in [4.69, 9.17) is 0 Å². The smallest absolute Gasteiger partial charge is 0.264 e. The van der Waals surface area contributed by atoms with Crippen molar-refractivity contribution < 1.29 is 23.1 Å². The van der Waals surface area contributed by atoms with Gasteiger partial charge in [0.25, 0.3) is 11.5 Å². The lowest BCUT2D eigenvalue weighted by molar-refractivity contribution is 0.0980. The number of carbonyl (C=O) groups is 2. The lowest BCUT2D eigenvalue weighted by Gasteiger charge is -2.04. The van der Waals surface area contributed by atoms with Crippen LogP contribution in [0.1, 0.15) is 32.0 Å². The highest BCUT2D eigenvalue weighted by molar-refractivity contribution is 7.89. The fourth-order valence-electron chi connectivity index (χ4n) is 2.18. The summed E-state index contributed by atoms with van der Waals surface area (Å²) in [6, 6.07) is 7.15. The van der Waals surface area contributed by atoms with Crippen molar-refractivity contribution in [1.82, 2.24) is 9.71 Å². The normalized spacial score (nSPS) is 11.5. The third-order valence-electron chi connectivity index (χ3n) is 3.25. The van der Waals surface area contributed by atoms with Crippen LogP contribution >= 0.6 is 0 Å². The number of hydrogen-bond acceptors (Lipinski definition) is 6. The minimum absolute atomic E-state index is 0.0843. The first kappa shape index (κ1) is 19.1. The number of H-pyrrole nitrogens is 1. The van der Waals surface area contributed by atoms with E-state index in [1.165, 1.54) is 30.3 Å². The Bertz CT molecular complexity index is 1070. The van der Waals surface area contributed by atoms with Crippen molar-refractivity contribution in [2.45, 2.75) is 6.92 Å². The molecule has 0 atom stereocenters. The molecule has 1 amide bonds. The van der Waals surface area contributed by atoms with Crippen molar-refractivity contribution in [1.29, 1.82) is 0 Å². The van der Waals surface area contributed by atoms with Crippen molar-refractivity contribution in [3.05, 3.63) is 69.1 Å². The Morgan fingerprint density at radius 1 is 1.23 bits per heavy atom. The number of hydrogen-bond donors (Lipinski definition) is 3. The summed E-state index contributed by atoms with van der Waals surface area (Å²) in [5.74, 6) is -1.95. The number of rotatable bonds is 5. The van der Waals surface area contributed by atoms with Crippen LogP contribution < -0.4 is 10.3 Å². The number of aryl methyl sites for hydroxylation is 1. The van der Waals surface area contributed by atoms with E-state index in [1.54, 1.807) is 13.0 Å². The van der Waals surface area contributed by atoms with Gasteiger partial charge in [-0.25, -0.2) is 13.1 Å². The van der Waals surface area contributed by atoms with Gasteiger partial charge in [0.15, 0.2) is 5.78 Å². The van der Waals surface area contributed by atoms with Gasteiger partial charge < -0.3 is 10.1 Å². The number of aromatic hydroxyl groups is 1. The van der Waals surface area contributed by atoms with Gasteiger partial charge in [-0.2, -0.15) is 0 Å². The highest BCUT2D eigenvalue weighted by atomic mass is 32.2. The van der Waals surface area contributed by atoms with E-state index in [0.29, 0.717) is 11.3 Å². The molecular weight excluding hydrogens is 360 g/mol. The van der Waals surface area contributed by atoms with Crippen molar-refractivity contribution in [2.24, 2.45) is 0 Å². The number of carbonyl (C=O) groups excluding carboxylic acids is 2. The molecule has 26 heavy (non-hydrogen) atoms. The molecule has 136 valence electrons. The molecule has 2 rings (SSSR count). The topological polar surface area (TPSA) is 133 Å². The number of nitrogens with one attached hydrogen (secondary N) is 2. The van der Waals surface area contributed by atoms with E-state index in [1.807, 2.05) is 4.72 Å². The molecule has 2 aromatic rings. The van der Waals surface area contributed by atoms with Gasteiger partial charge in [-0.1, -0.05) is 18.2 Å².